The first-order valence-electron chi connectivity index (χ1n) is 8.45. The van der Waals surface area contributed by atoms with Crippen molar-refractivity contribution >= 4 is 0 Å². The first-order chi connectivity index (χ1) is 12.7. The molecule has 1 N–H and O–H groups in total. The van der Waals surface area contributed by atoms with Crippen molar-refractivity contribution in [3.63, 3.8) is 0 Å². The molecule has 6 heteroatoms. The van der Waals surface area contributed by atoms with Crippen LogP contribution < -0.4 is 5.56 Å². The van der Waals surface area contributed by atoms with Gasteiger partial charge in [0.1, 0.15) is 11.5 Å². The molecule has 26 heavy (non-hydrogen) atoms. The fourth-order valence-electron chi connectivity index (χ4n) is 3.34. The van der Waals surface area contributed by atoms with Gasteiger partial charge in [0.15, 0.2) is 0 Å². The molecule has 0 amide bonds. The zero-order chi connectivity index (χ0) is 18.1. The predicted octanol–water partition coefficient (Wildman–Crippen LogP) is 2.73. The van der Waals surface area contributed by atoms with Gasteiger partial charge in [0.25, 0.3) is 5.56 Å². The second-order valence-electron chi connectivity index (χ2n) is 6.43. The summed E-state index contributed by atoms with van der Waals surface area (Å²) in [6, 6.07) is 15.8. The number of fused-ring (bicyclic) bond motifs is 1. The summed E-state index contributed by atoms with van der Waals surface area (Å²) in [6.45, 7) is 2.03. The third-order valence-corrected chi connectivity index (χ3v) is 4.71. The number of rotatable bonds is 3. The summed E-state index contributed by atoms with van der Waals surface area (Å²) in [5.41, 5.74) is 3.33. The Labute approximate surface area is 149 Å². The van der Waals surface area contributed by atoms with Crippen LogP contribution in [0.2, 0.25) is 0 Å². The zero-order valence-electron chi connectivity index (χ0n) is 14.1. The number of halogens is 1. The van der Waals surface area contributed by atoms with Crippen LogP contribution in [0.5, 0.6) is 0 Å². The molecule has 0 unspecified atom stereocenters. The lowest BCUT2D eigenvalue weighted by Crippen LogP contribution is -2.32. The molecule has 0 saturated carbocycles. The lowest BCUT2D eigenvalue weighted by atomic mass is 10.1. The maximum absolute atomic E-state index is 14.0. The molecule has 5 nitrogen and oxygen atoms in total. The van der Waals surface area contributed by atoms with Crippen LogP contribution in [0.1, 0.15) is 22.4 Å². The molecule has 0 aliphatic carbocycles. The van der Waals surface area contributed by atoms with Crippen molar-refractivity contribution < 1.29 is 4.39 Å². The number of aromatic amines is 1. The van der Waals surface area contributed by atoms with Crippen molar-refractivity contribution in [2.75, 3.05) is 6.54 Å². The molecule has 1 aliphatic rings. The minimum absolute atomic E-state index is 0.199. The van der Waals surface area contributed by atoms with E-state index in [1.165, 1.54) is 10.7 Å². The Hall–Kier alpha value is -3.17. The van der Waals surface area contributed by atoms with E-state index in [9.17, 15) is 9.18 Å². The first kappa shape index (κ1) is 16.3. The summed E-state index contributed by atoms with van der Waals surface area (Å²) in [4.78, 5) is 14.9. The highest BCUT2D eigenvalue weighted by molar-refractivity contribution is 5.35. The number of aromatic nitrogens is 2. The molecule has 130 valence electrons. The monoisotopic (exact) mass is 348 g/mol. The average Bonchev–Trinajstić information content (AvgIpc) is 2.99. The summed E-state index contributed by atoms with van der Waals surface area (Å²) < 4.78 is 15.3. The van der Waals surface area contributed by atoms with E-state index >= 15 is 0 Å². The van der Waals surface area contributed by atoms with Gasteiger partial charge < -0.3 is 0 Å². The van der Waals surface area contributed by atoms with E-state index in [1.807, 2.05) is 12.1 Å². The Morgan fingerprint density at radius 2 is 1.92 bits per heavy atom. The van der Waals surface area contributed by atoms with E-state index in [-0.39, 0.29) is 11.2 Å². The fourth-order valence-corrected chi connectivity index (χ4v) is 3.34. The summed E-state index contributed by atoms with van der Waals surface area (Å²) >= 11 is 0. The molecule has 0 radical (unpaired) electrons. The third kappa shape index (κ3) is 2.93. The van der Waals surface area contributed by atoms with Gasteiger partial charge in [0, 0.05) is 31.7 Å². The molecule has 0 atom stereocenters. The van der Waals surface area contributed by atoms with Crippen molar-refractivity contribution in [2.45, 2.75) is 19.5 Å². The van der Waals surface area contributed by atoms with Crippen LogP contribution in [0.15, 0.2) is 53.3 Å². The minimum atomic E-state index is -0.428. The molecule has 2 heterocycles. The number of hydrogen-bond acceptors (Lipinski definition) is 3. The van der Waals surface area contributed by atoms with E-state index in [0.717, 1.165) is 17.8 Å². The number of benzene rings is 2. The van der Waals surface area contributed by atoms with Gasteiger partial charge in [-0.05, 0) is 29.8 Å². The van der Waals surface area contributed by atoms with Crippen LogP contribution >= 0.6 is 0 Å². The van der Waals surface area contributed by atoms with Gasteiger partial charge in [-0.3, -0.25) is 14.8 Å². The third-order valence-electron chi connectivity index (χ3n) is 4.71. The second kappa shape index (κ2) is 6.62. The fraction of sp³-hybridized carbons (Fsp3) is 0.200. The van der Waals surface area contributed by atoms with Gasteiger partial charge in [-0.1, -0.05) is 24.3 Å². The molecule has 4 rings (SSSR count). The molecule has 3 aromatic rings. The molecule has 1 aromatic heterocycles. The molecule has 0 saturated heterocycles. The van der Waals surface area contributed by atoms with Crippen molar-refractivity contribution in [1.29, 1.82) is 5.26 Å². The van der Waals surface area contributed by atoms with Gasteiger partial charge >= 0.3 is 0 Å². The van der Waals surface area contributed by atoms with E-state index in [4.69, 9.17) is 5.26 Å². The van der Waals surface area contributed by atoms with Gasteiger partial charge in [-0.2, -0.15) is 5.26 Å². The van der Waals surface area contributed by atoms with Gasteiger partial charge in [-0.25, -0.2) is 9.07 Å². The van der Waals surface area contributed by atoms with Crippen molar-refractivity contribution in [3.05, 3.63) is 87.1 Å². The Morgan fingerprint density at radius 1 is 1.15 bits per heavy atom. The smallest absolute Gasteiger partial charge is 0.276 e. The lowest BCUT2D eigenvalue weighted by Gasteiger charge is -2.25. The Balaban J connectivity index is 1.58. The Kier molecular flexibility index (Phi) is 4.15. The summed E-state index contributed by atoms with van der Waals surface area (Å²) in [7, 11) is 0. The SMILES string of the molecule is N#Cc1ccc(CN2CCc3[nH]n(-c4ccccc4F)c(=O)c3C2)cc1. The highest BCUT2D eigenvalue weighted by atomic mass is 19.1. The van der Waals surface area contributed by atoms with E-state index in [0.29, 0.717) is 30.6 Å². The lowest BCUT2D eigenvalue weighted by molar-refractivity contribution is 0.244. The standard InChI is InChI=1S/C20H17FN4O/c21-17-3-1-2-4-19(17)25-20(26)16-13-24(10-9-18(16)23-25)12-15-7-5-14(11-22)6-8-15/h1-8,23H,9-10,12-13H2. The second-order valence-corrected chi connectivity index (χ2v) is 6.43. The van der Waals surface area contributed by atoms with Crippen LogP contribution in [0.3, 0.4) is 0 Å². The van der Waals surface area contributed by atoms with E-state index in [1.54, 1.807) is 30.3 Å². The Bertz CT molecular complexity index is 1040. The van der Waals surface area contributed by atoms with Crippen LogP contribution in [0.4, 0.5) is 4.39 Å². The minimum Gasteiger partial charge on any atom is -0.295 e. The van der Waals surface area contributed by atoms with Crippen LogP contribution in [0.25, 0.3) is 5.69 Å². The zero-order valence-corrected chi connectivity index (χ0v) is 14.1. The maximum atomic E-state index is 14.0. The number of nitrogens with one attached hydrogen (secondary N) is 1. The first-order valence-corrected chi connectivity index (χ1v) is 8.45. The van der Waals surface area contributed by atoms with Gasteiger partial charge in [0.05, 0.1) is 17.2 Å². The number of para-hydroxylation sites is 1. The highest BCUT2D eigenvalue weighted by Gasteiger charge is 2.23. The highest BCUT2D eigenvalue weighted by Crippen LogP contribution is 2.19. The van der Waals surface area contributed by atoms with Gasteiger partial charge in [0.2, 0.25) is 0 Å². The van der Waals surface area contributed by atoms with Crippen molar-refractivity contribution in [2.24, 2.45) is 0 Å². The topological polar surface area (TPSA) is 64.8 Å². The van der Waals surface area contributed by atoms with E-state index in [2.05, 4.69) is 16.1 Å². The summed E-state index contributed by atoms with van der Waals surface area (Å²) in [6.07, 6.45) is 0.711. The number of nitriles is 1. The maximum Gasteiger partial charge on any atom is 0.276 e. The number of H-pyrrole nitrogens is 1. The largest absolute Gasteiger partial charge is 0.295 e. The summed E-state index contributed by atoms with van der Waals surface area (Å²) in [5, 5.41) is 11.9. The quantitative estimate of drug-likeness (QED) is 0.791. The molecular weight excluding hydrogens is 331 g/mol. The molecular formula is C20H17FN4O. The molecule has 1 aliphatic heterocycles. The molecule has 2 aromatic carbocycles. The van der Waals surface area contributed by atoms with E-state index < -0.39 is 5.82 Å². The van der Waals surface area contributed by atoms with Crippen LogP contribution in [-0.2, 0) is 19.5 Å². The van der Waals surface area contributed by atoms with Crippen LogP contribution in [-0.4, -0.2) is 21.2 Å². The number of hydrogen-bond donors (Lipinski definition) is 1. The Morgan fingerprint density at radius 3 is 2.65 bits per heavy atom. The summed E-state index contributed by atoms with van der Waals surface area (Å²) in [5.74, 6) is -0.428. The molecule has 0 spiro atoms. The van der Waals surface area contributed by atoms with Crippen molar-refractivity contribution in [3.8, 4) is 11.8 Å². The predicted molar refractivity (Wildman–Crippen MR) is 95.3 cm³/mol. The van der Waals surface area contributed by atoms with Crippen LogP contribution in [0, 0.1) is 17.1 Å². The molecule has 0 fully saturated rings. The normalized spacial score (nSPS) is 14.0. The molecule has 0 bridgehead atoms. The average molecular weight is 348 g/mol. The number of nitrogens with zero attached hydrogens (tertiary/aromatic N) is 3. The van der Waals surface area contributed by atoms with Crippen molar-refractivity contribution in [1.82, 2.24) is 14.7 Å². The van der Waals surface area contributed by atoms with Gasteiger partial charge in [-0.15, -0.1) is 0 Å².